The number of rotatable bonds is 3. The van der Waals surface area contributed by atoms with Crippen LogP contribution in [0, 0.1) is 5.92 Å². The first kappa shape index (κ1) is 11.5. The van der Waals surface area contributed by atoms with Crippen LogP contribution in [0.25, 0.3) is 0 Å². The van der Waals surface area contributed by atoms with Gasteiger partial charge in [-0.05, 0) is 25.7 Å². The van der Waals surface area contributed by atoms with Gasteiger partial charge in [-0.3, -0.25) is 4.79 Å². The zero-order valence-electron chi connectivity index (χ0n) is 9.67. The predicted octanol–water partition coefficient (Wildman–Crippen LogP) is 1.67. The Labute approximate surface area is 86.4 Å². The first-order valence-electron chi connectivity index (χ1n) is 5.31. The van der Waals surface area contributed by atoms with Gasteiger partial charge in [0.15, 0.2) is 0 Å². The Morgan fingerprint density at radius 3 is 2.71 bits per heavy atom. The lowest BCUT2D eigenvalue weighted by Gasteiger charge is -2.38. The molecule has 0 aromatic rings. The lowest BCUT2D eigenvalue weighted by atomic mass is 9.86. The third-order valence-electron chi connectivity index (χ3n) is 3.49. The zero-order valence-corrected chi connectivity index (χ0v) is 9.67. The minimum Gasteiger partial charge on any atom is -0.375 e. The summed E-state index contributed by atoms with van der Waals surface area (Å²) in [4.78, 5) is 13.8. The van der Waals surface area contributed by atoms with Gasteiger partial charge in [0.1, 0.15) is 6.61 Å². The fourth-order valence-electron chi connectivity index (χ4n) is 2.20. The molecule has 0 aliphatic carbocycles. The zero-order chi connectivity index (χ0) is 10.8. The number of hydrogen-bond donors (Lipinski definition) is 0. The lowest BCUT2D eigenvalue weighted by molar-refractivity contribution is -0.140. The fourth-order valence-corrected chi connectivity index (χ4v) is 2.20. The molecule has 0 radical (unpaired) electrons. The summed E-state index contributed by atoms with van der Waals surface area (Å²) in [6.45, 7) is 7.63. The van der Waals surface area contributed by atoms with E-state index in [0.29, 0.717) is 5.92 Å². The van der Waals surface area contributed by atoms with E-state index in [1.807, 2.05) is 4.90 Å². The van der Waals surface area contributed by atoms with Gasteiger partial charge < -0.3 is 9.64 Å². The van der Waals surface area contributed by atoms with Gasteiger partial charge in [-0.2, -0.15) is 0 Å². The van der Waals surface area contributed by atoms with Gasteiger partial charge >= 0.3 is 0 Å². The van der Waals surface area contributed by atoms with Crippen LogP contribution in [0.5, 0.6) is 0 Å². The summed E-state index contributed by atoms with van der Waals surface area (Å²) in [5, 5.41) is 0. The van der Waals surface area contributed by atoms with Crippen LogP contribution in [0.4, 0.5) is 0 Å². The van der Waals surface area contributed by atoms with E-state index >= 15 is 0 Å². The van der Waals surface area contributed by atoms with Crippen LogP contribution in [-0.4, -0.2) is 36.6 Å². The Bertz CT molecular complexity index is 215. The Kier molecular flexibility index (Phi) is 3.53. The largest absolute Gasteiger partial charge is 0.375 e. The molecular formula is C11H21NO2. The van der Waals surface area contributed by atoms with E-state index in [-0.39, 0.29) is 18.1 Å². The van der Waals surface area contributed by atoms with Crippen LogP contribution in [0.15, 0.2) is 0 Å². The number of methoxy groups -OCH3 is 1. The van der Waals surface area contributed by atoms with Crippen molar-refractivity contribution in [2.24, 2.45) is 5.92 Å². The second-order valence-corrected chi connectivity index (χ2v) is 4.59. The molecule has 1 fully saturated rings. The molecule has 1 atom stereocenters. The summed E-state index contributed by atoms with van der Waals surface area (Å²) in [6, 6.07) is 0. The van der Waals surface area contributed by atoms with E-state index in [1.165, 1.54) is 0 Å². The van der Waals surface area contributed by atoms with E-state index < -0.39 is 0 Å². The summed E-state index contributed by atoms with van der Waals surface area (Å²) in [6.07, 6.45) is 2.23. The molecular weight excluding hydrogens is 178 g/mol. The molecule has 3 heteroatoms. The van der Waals surface area contributed by atoms with E-state index in [4.69, 9.17) is 4.74 Å². The summed E-state index contributed by atoms with van der Waals surface area (Å²) in [5.41, 5.74) is 0.0373. The van der Waals surface area contributed by atoms with E-state index in [1.54, 1.807) is 7.11 Å². The maximum Gasteiger partial charge on any atom is 0.249 e. The van der Waals surface area contributed by atoms with Crippen molar-refractivity contribution < 1.29 is 9.53 Å². The van der Waals surface area contributed by atoms with Gasteiger partial charge in [0, 0.05) is 19.2 Å². The molecule has 0 N–H and O–H groups in total. The Morgan fingerprint density at radius 1 is 1.57 bits per heavy atom. The Hall–Kier alpha value is -0.570. The van der Waals surface area contributed by atoms with Crippen molar-refractivity contribution in [3.8, 4) is 0 Å². The molecule has 1 rings (SSSR count). The highest BCUT2D eigenvalue weighted by molar-refractivity contribution is 5.78. The van der Waals surface area contributed by atoms with Gasteiger partial charge in [0.25, 0.3) is 0 Å². The number of carbonyl (C=O) groups excluding carboxylic acids is 1. The van der Waals surface area contributed by atoms with Gasteiger partial charge in [0.2, 0.25) is 5.91 Å². The van der Waals surface area contributed by atoms with Crippen molar-refractivity contribution in [1.29, 1.82) is 0 Å². The fraction of sp³-hybridized carbons (Fsp3) is 0.909. The SMILES string of the molecule is COCC(=O)N1CCC[C@@]1(C)C(C)C. The normalized spacial score (nSPS) is 27.4. The minimum atomic E-state index is 0.0373. The molecule has 1 amide bonds. The number of ether oxygens (including phenoxy) is 1. The van der Waals surface area contributed by atoms with Crippen LogP contribution in [0.3, 0.4) is 0 Å². The predicted molar refractivity (Wildman–Crippen MR) is 56.1 cm³/mol. The molecule has 1 aliphatic heterocycles. The molecule has 0 spiro atoms. The number of likely N-dealkylation sites (tertiary alicyclic amines) is 1. The van der Waals surface area contributed by atoms with Crippen molar-refractivity contribution in [1.82, 2.24) is 4.90 Å². The van der Waals surface area contributed by atoms with Crippen molar-refractivity contribution >= 4 is 5.91 Å². The monoisotopic (exact) mass is 199 g/mol. The van der Waals surface area contributed by atoms with Gasteiger partial charge in [-0.1, -0.05) is 13.8 Å². The third kappa shape index (κ3) is 1.92. The van der Waals surface area contributed by atoms with Crippen LogP contribution in [-0.2, 0) is 9.53 Å². The topological polar surface area (TPSA) is 29.5 Å². The number of nitrogens with zero attached hydrogens (tertiary/aromatic N) is 1. The number of amides is 1. The van der Waals surface area contributed by atoms with Crippen molar-refractivity contribution in [2.75, 3.05) is 20.3 Å². The Balaban J connectivity index is 2.72. The van der Waals surface area contributed by atoms with Crippen LogP contribution in [0.2, 0.25) is 0 Å². The second kappa shape index (κ2) is 4.30. The first-order valence-corrected chi connectivity index (χ1v) is 5.31. The number of hydrogen-bond acceptors (Lipinski definition) is 2. The third-order valence-corrected chi connectivity index (χ3v) is 3.49. The molecule has 1 heterocycles. The van der Waals surface area contributed by atoms with Crippen molar-refractivity contribution in [2.45, 2.75) is 39.2 Å². The molecule has 0 unspecified atom stereocenters. The summed E-state index contributed by atoms with van der Waals surface area (Å²) in [5.74, 6) is 0.631. The van der Waals surface area contributed by atoms with Gasteiger partial charge in [-0.15, -0.1) is 0 Å². The molecule has 0 aromatic heterocycles. The van der Waals surface area contributed by atoms with Gasteiger partial charge in [-0.25, -0.2) is 0 Å². The molecule has 1 aliphatic rings. The van der Waals surface area contributed by atoms with Crippen molar-refractivity contribution in [3.05, 3.63) is 0 Å². The van der Waals surface area contributed by atoms with E-state index in [0.717, 1.165) is 19.4 Å². The molecule has 0 aromatic carbocycles. The van der Waals surface area contributed by atoms with Crippen LogP contribution in [0.1, 0.15) is 33.6 Å². The quantitative estimate of drug-likeness (QED) is 0.692. The maximum atomic E-state index is 11.8. The van der Waals surface area contributed by atoms with E-state index in [2.05, 4.69) is 20.8 Å². The maximum absolute atomic E-state index is 11.8. The smallest absolute Gasteiger partial charge is 0.249 e. The highest BCUT2D eigenvalue weighted by Gasteiger charge is 2.41. The highest BCUT2D eigenvalue weighted by Crippen LogP contribution is 2.35. The molecule has 3 nitrogen and oxygen atoms in total. The standard InChI is InChI=1S/C11H21NO2/c1-9(2)11(3)6-5-7-12(11)10(13)8-14-4/h9H,5-8H2,1-4H3/t11-/m0/s1. The Morgan fingerprint density at radius 2 is 2.21 bits per heavy atom. The van der Waals surface area contributed by atoms with Crippen LogP contribution >= 0.6 is 0 Å². The molecule has 0 saturated carbocycles. The molecule has 0 bridgehead atoms. The molecule has 14 heavy (non-hydrogen) atoms. The minimum absolute atomic E-state index is 0.0373. The lowest BCUT2D eigenvalue weighted by Crippen LogP contribution is -2.49. The summed E-state index contributed by atoms with van der Waals surface area (Å²) in [7, 11) is 1.57. The highest BCUT2D eigenvalue weighted by atomic mass is 16.5. The van der Waals surface area contributed by atoms with Crippen molar-refractivity contribution in [3.63, 3.8) is 0 Å². The second-order valence-electron chi connectivity index (χ2n) is 4.59. The molecule has 1 saturated heterocycles. The average molecular weight is 199 g/mol. The average Bonchev–Trinajstić information content (AvgIpc) is 2.49. The molecule has 82 valence electrons. The van der Waals surface area contributed by atoms with Crippen LogP contribution < -0.4 is 0 Å². The number of carbonyl (C=O) groups is 1. The summed E-state index contributed by atoms with van der Waals surface area (Å²) < 4.78 is 4.90. The first-order chi connectivity index (χ1) is 6.52. The van der Waals surface area contributed by atoms with E-state index in [9.17, 15) is 4.79 Å². The van der Waals surface area contributed by atoms with Gasteiger partial charge in [0.05, 0.1) is 0 Å². The summed E-state index contributed by atoms with van der Waals surface area (Å²) >= 11 is 0.